The smallest absolute Gasteiger partial charge is 0.247 e. The topological polar surface area (TPSA) is 112 Å². The van der Waals surface area contributed by atoms with Crippen LogP contribution >= 0.6 is 0 Å². The third-order valence-electron chi connectivity index (χ3n) is 6.33. The van der Waals surface area contributed by atoms with Crippen LogP contribution in [0.5, 0.6) is 0 Å². The average Bonchev–Trinajstić information content (AvgIpc) is 3.39. The van der Waals surface area contributed by atoms with Crippen LogP contribution in [-0.4, -0.2) is 91.1 Å². The van der Waals surface area contributed by atoms with Crippen molar-refractivity contribution in [2.24, 2.45) is 0 Å². The number of carbonyl (C=O) groups excluding carboxylic acids is 2. The van der Waals surface area contributed by atoms with Gasteiger partial charge in [-0.15, -0.1) is 0 Å². The molecule has 1 aromatic heterocycles. The molecular weight excluding hydrogens is 525 g/mol. The molecule has 1 fully saturated rings. The molecule has 41 heavy (non-hydrogen) atoms. The van der Waals surface area contributed by atoms with Gasteiger partial charge in [0.05, 0.1) is 17.9 Å². The number of ether oxygens (including phenoxy) is 1. The minimum atomic E-state index is -0.564. The zero-order valence-corrected chi connectivity index (χ0v) is 24.2. The number of benzene rings is 1. The molecule has 0 saturated carbocycles. The highest BCUT2D eigenvalue weighted by molar-refractivity contribution is 5.93. The van der Waals surface area contributed by atoms with Gasteiger partial charge in [-0.25, -0.2) is 9.37 Å². The van der Waals surface area contributed by atoms with Crippen LogP contribution in [0.25, 0.3) is 0 Å². The van der Waals surface area contributed by atoms with Gasteiger partial charge in [0.25, 0.3) is 0 Å². The van der Waals surface area contributed by atoms with Gasteiger partial charge in [-0.1, -0.05) is 30.9 Å². The van der Waals surface area contributed by atoms with Gasteiger partial charge in [0.1, 0.15) is 17.7 Å². The van der Waals surface area contributed by atoms with E-state index >= 15 is 0 Å². The second-order valence-corrected chi connectivity index (χ2v) is 9.98. The zero-order chi connectivity index (χ0) is 29.6. The van der Waals surface area contributed by atoms with Crippen LogP contribution in [0.15, 0.2) is 42.6 Å². The lowest BCUT2D eigenvalue weighted by atomic mass is 10.1. The number of rotatable bonds is 13. The summed E-state index contributed by atoms with van der Waals surface area (Å²) in [5.74, 6) is 6.44. The fourth-order valence-corrected chi connectivity index (χ4v) is 4.19. The first-order chi connectivity index (χ1) is 19.8. The van der Waals surface area contributed by atoms with Crippen molar-refractivity contribution in [3.63, 3.8) is 0 Å². The molecule has 1 aliphatic rings. The quantitative estimate of drug-likeness (QED) is 0.193. The maximum Gasteiger partial charge on any atom is 0.247 e. The summed E-state index contributed by atoms with van der Waals surface area (Å²) in [6.07, 6.45) is 7.34. The van der Waals surface area contributed by atoms with Gasteiger partial charge in [-0.2, -0.15) is 4.98 Å². The first kappa shape index (κ1) is 31.5. The van der Waals surface area contributed by atoms with E-state index in [0.29, 0.717) is 68.5 Å². The fraction of sp³-hybridized carbons (Fsp3) is 0.467. The number of methoxy groups -OCH3 is 1. The lowest BCUT2D eigenvalue weighted by Crippen LogP contribution is -2.45. The molecule has 1 saturated heterocycles. The molecule has 0 bridgehead atoms. The van der Waals surface area contributed by atoms with Crippen LogP contribution < -0.4 is 16.0 Å². The summed E-state index contributed by atoms with van der Waals surface area (Å²) in [5.41, 5.74) is 1.20. The molecule has 0 radical (unpaired) electrons. The number of aromatic nitrogens is 2. The monoisotopic (exact) mass is 565 g/mol. The van der Waals surface area contributed by atoms with Gasteiger partial charge in [-0.05, 0) is 45.1 Å². The van der Waals surface area contributed by atoms with E-state index in [1.165, 1.54) is 18.2 Å². The number of likely N-dealkylation sites (N-methyl/N-ethyl adjacent to an activating group) is 1. The predicted molar refractivity (Wildman–Crippen MR) is 158 cm³/mol. The summed E-state index contributed by atoms with van der Waals surface area (Å²) < 4.78 is 18.9. The summed E-state index contributed by atoms with van der Waals surface area (Å²) in [4.78, 5) is 38.0. The highest BCUT2D eigenvalue weighted by Crippen LogP contribution is 2.21. The summed E-state index contributed by atoms with van der Waals surface area (Å²) in [5, 5.41) is 9.21. The van der Waals surface area contributed by atoms with Crippen molar-refractivity contribution < 1.29 is 18.7 Å². The first-order valence-electron chi connectivity index (χ1n) is 13.9. The highest BCUT2D eigenvalue weighted by atomic mass is 19.1. The van der Waals surface area contributed by atoms with Crippen LogP contribution in [0.1, 0.15) is 38.2 Å². The average molecular weight is 566 g/mol. The molecule has 3 rings (SSSR count). The van der Waals surface area contributed by atoms with Crippen molar-refractivity contribution in [3.8, 4) is 11.8 Å². The number of halogens is 1. The molecule has 2 heterocycles. The van der Waals surface area contributed by atoms with E-state index in [4.69, 9.17) is 4.74 Å². The SMILES string of the molecule is CCCNc1nc(Nc2cccc(F)c2)ncc1C#CCCCNC(=O)[C@@H]1C[C@H](OC)CN1C(=O)C=CCN(C)C. The van der Waals surface area contributed by atoms with E-state index in [-0.39, 0.29) is 23.7 Å². The van der Waals surface area contributed by atoms with E-state index in [1.54, 1.807) is 36.4 Å². The molecule has 0 spiro atoms. The Hall–Kier alpha value is -4.01. The summed E-state index contributed by atoms with van der Waals surface area (Å²) in [6, 6.07) is 5.53. The van der Waals surface area contributed by atoms with E-state index in [0.717, 1.165) is 6.42 Å². The van der Waals surface area contributed by atoms with Gasteiger partial charge < -0.3 is 30.5 Å². The minimum absolute atomic E-state index is 0.170. The largest absolute Gasteiger partial charge is 0.380 e. The van der Waals surface area contributed by atoms with Crippen molar-refractivity contribution in [1.29, 1.82) is 0 Å². The van der Waals surface area contributed by atoms with E-state index in [2.05, 4.69) is 44.7 Å². The molecular formula is C30H40FN7O3. The molecule has 1 aliphatic heterocycles. The Labute approximate surface area is 241 Å². The van der Waals surface area contributed by atoms with E-state index in [9.17, 15) is 14.0 Å². The molecule has 220 valence electrons. The van der Waals surface area contributed by atoms with Gasteiger partial charge in [-0.3, -0.25) is 9.59 Å². The summed E-state index contributed by atoms with van der Waals surface area (Å²) in [6.45, 7) is 4.24. The van der Waals surface area contributed by atoms with Crippen molar-refractivity contribution >= 4 is 29.3 Å². The lowest BCUT2D eigenvalue weighted by Gasteiger charge is -2.22. The number of carbonyl (C=O) groups is 2. The van der Waals surface area contributed by atoms with Crippen molar-refractivity contribution in [3.05, 3.63) is 54.0 Å². The molecule has 2 atom stereocenters. The number of likely N-dealkylation sites (tertiary alicyclic amines) is 1. The normalized spacial score (nSPS) is 16.5. The first-order valence-corrected chi connectivity index (χ1v) is 13.9. The Morgan fingerprint density at radius 1 is 1.29 bits per heavy atom. The number of anilines is 3. The maximum atomic E-state index is 13.5. The molecule has 0 aliphatic carbocycles. The number of amides is 2. The minimum Gasteiger partial charge on any atom is -0.380 e. The van der Waals surface area contributed by atoms with Gasteiger partial charge in [0, 0.05) is 57.9 Å². The molecule has 2 aromatic rings. The second-order valence-electron chi connectivity index (χ2n) is 9.98. The van der Waals surface area contributed by atoms with Gasteiger partial charge in [0.15, 0.2) is 0 Å². The maximum absolute atomic E-state index is 13.5. The molecule has 2 amide bonds. The van der Waals surface area contributed by atoms with Gasteiger partial charge >= 0.3 is 0 Å². The van der Waals surface area contributed by atoms with Crippen LogP contribution in [-0.2, 0) is 14.3 Å². The number of nitrogens with zero attached hydrogens (tertiary/aromatic N) is 4. The molecule has 10 nitrogen and oxygen atoms in total. The number of hydrogen-bond acceptors (Lipinski definition) is 8. The van der Waals surface area contributed by atoms with Crippen molar-refractivity contribution in [1.82, 2.24) is 25.1 Å². The Kier molecular flexibility index (Phi) is 12.5. The lowest BCUT2D eigenvalue weighted by molar-refractivity contribution is -0.135. The third-order valence-corrected chi connectivity index (χ3v) is 6.33. The highest BCUT2D eigenvalue weighted by Gasteiger charge is 2.38. The molecule has 1 aromatic carbocycles. The number of nitrogens with one attached hydrogen (secondary N) is 3. The molecule has 11 heteroatoms. The predicted octanol–water partition coefficient (Wildman–Crippen LogP) is 3.16. The summed E-state index contributed by atoms with van der Waals surface area (Å²) in [7, 11) is 5.44. The van der Waals surface area contributed by atoms with Crippen LogP contribution in [0.2, 0.25) is 0 Å². The Morgan fingerprint density at radius 2 is 2.12 bits per heavy atom. The van der Waals surface area contributed by atoms with Gasteiger partial charge in [0.2, 0.25) is 17.8 Å². The van der Waals surface area contributed by atoms with Crippen molar-refractivity contribution in [2.45, 2.75) is 44.8 Å². The van der Waals surface area contributed by atoms with Crippen LogP contribution in [0, 0.1) is 17.7 Å². The van der Waals surface area contributed by atoms with E-state index < -0.39 is 6.04 Å². The standard InChI is InChI=1S/C30H40FN7O3/c1-5-15-32-28-22(20-34-30(36-28)35-24-13-9-12-23(31)18-24)11-7-6-8-16-33-29(40)26-19-25(41-4)21-38(26)27(39)14-10-17-37(2)3/h9-10,12-14,18,20,25-26H,5-6,8,15-17,19,21H2,1-4H3,(H,33,40)(H2,32,34,35,36)/t25-,26-/m0/s1. The summed E-state index contributed by atoms with van der Waals surface area (Å²) >= 11 is 0. The Morgan fingerprint density at radius 3 is 2.85 bits per heavy atom. The van der Waals surface area contributed by atoms with Crippen molar-refractivity contribution in [2.75, 3.05) is 58.0 Å². The number of hydrogen-bond donors (Lipinski definition) is 3. The zero-order valence-electron chi connectivity index (χ0n) is 24.2. The van der Waals surface area contributed by atoms with Crippen LogP contribution in [0.4, 0.5) is 21.8 Å². The second kappa shape index (κ2) is 16.3. The fourth-order valence-electron chi connectivity index (χ4n) is 4.19. The van der Waals surface area contributed by atoms with Crippen LogP contribution in [0.3, 0.4) is 0 Å². The molecule has 0 unspecified atom stereocenters. The Balaban J connectivity index is 1.53. The molecule has 3 N–H and O–H groups in total. The van der Waals surface area contributed by atoms with E-state index in [1.807, 2.05) is 19.0 Å². The number of unbranched alkanes of at least 4 members (excludes halogenated alkanes) is 1. The Bertz CT molecular complexity index is 1260. The third kappa shape index (κ3) is 10.2.